The Morgan fingerprint density at radius 3 is 2.69 bits per heavy atom. The molecule has 1 saturated carbocycles. The van der Waals surface area contributed by atoms with Gasteiger partial charge in [-0.25, -0.2) is 0 Å². The minimum atomic E-state index is -0.147. The molecule has 6 heteroatoms. The van der Waals surface area contributed by atoms with E-state index in [1.54, 1.807) is 11.9 Å². The first-order valence-electron chi connectivity index (χ1n) is 5.05. The number of hydrogen-bond acceptors (Lipinski definition) is 3. The van der Waals surface area contributed by atoms with E-state index in [4.69, 9.17) is 23.2 Å². The van der Waals surface area contributed by atoms with E-state index in [-0.39, 0.29) is 16.2 Å². The Morgan fingerprint density at radius 1 is 1.44 bits per heavy atom. The predicted molar refractivity (Wildman–Crippen MR) is 61.8 cm³/mol. The molecule has 1 amide bonds. The van der Waals surface area contributed by atoms with Crippen molar-refractivity contribution in [3.8, 4) is 0 Å². The first-order chi connectivity index (χ1) is 7.59. The fourth-order valence-corrected chi connectivity index (χ4v) is 1.95. The molecule has 1 heterocycles. The SMILES string of the molecule is CN(C(=O)c1cc(Cl)nnc1Cl)C1CCC1. The number of rotatable bonds is 2. The van der Waals surface area contributed by atoms with Gasteiger partial charge in [-0.3, -0.25) is 4.79 Å². The topological polar surface area (TPSA) is 46.1 Å². The lowest BCUT2D eigenvalue weighted by atomic mass is 9.91. The summed E-state index contributed by atoms with van der Waals surface area (Å²) in [5.41, 5.74) is 0.316. The second-order valence-corrected chi connectivity index (χ2v) is 4.62. The standard InChI is InChI=1S/C10H11Cl2N3O/c1-15(6-3-2-4-6)10(16)7-5-8(11)13-14-9(7)12/h5-6H,2-4H2,1H3. The van der Waals surface area contributed by atoms with E-state index in [1.807, 2.05) is 0 Å². The summed E-state index contributed by atoms with van der Waals surface area (Å²) in [5, 5.41) is 7.47. The number of aromatic nitrogens is 2. The quantitative estimate of drug-likeness (QED) is 0.820. The van der Waals surface area contributed by atoms with Crippen LogP contribution >= 0.6 is 23.2 Å². The maximum absolute atomic E-state index is 12.1. The highest BCUT2D eigenvalue weighted by Gasteiger charge is 2.27. The third kappa shape index (κ3) is 2.13. The molecule has 0 unspecified atom stereocenters. The maximum Gasteiger partial charge on any atom is 0.257 e. The van der Waals surface area contributed by atoms with Crippen LogP contribution in [0.3, 0.4) is 0 Å². The summed E-state index contributed by atoms with van der Waals surface area (Å²) < 4.78 is 0. The molecular formula is C10H11Cl2N3O. The van der Waals surface area contributed by atoms with E-state index >= 15 is 0 Å². The molecule has 0 aromatic carbocycles. The summed E-state index contributed by atoms with van der Waals surface area (Å²) in [6, 6.07) is 1.77. The molecule has 1 aromatic rings. The minimum absolute atomic E-state index is 0.0978. The Hall–Kier alpha value is -0.870. The summed E-state index contributed by atoms with van der Waals surface area (Å²) in [5.74, 6) is -0.147. The van der Waals surface area contributed by atoms with E-state index in [0.717, 1.165) is 12.8 Å². The van der Waals surface area contributed by atoms with Crippen molar-refractivity contribution in [3.63, 3.8) is 0 Å². The summed E-state index contributed by atoms with van der Waals surface area (Å²) in [6.45, 7) is 0. The molecule has 0 bridgehead atoms. The maximum atomic E-state index is 12.1. The van der Waals surface area contributed by atoms with Crippen LogP contribution in [0.5, 0.6) is 0 Å². The van der Waals surface area contributed by atoms with Gasteiger partial charge >= 0.3 is 0 Å². The summed E-state index contributed by atoms with van der Waals surface area (Å²) in [7, 11) is 1.77. The van der Waals surface area contributed by atoms with Crippen molar-refractivity contribution in [2.75, 3.05) is 7.05 Å². The van der Waals surface area contributed by atoms with E-state index in [2.05, 4.69) is 10.2 Å². The molecule has 0 radical (unpaired) electrons. The molecule has 4 nitrogen and oxygen atoms in total. The molecule has 0 spiro atoms. The molecule has 1 aliphatic rings. The lowest BCUT2D eigenvalue weighted by molar-refractivity contribution is 0.0651. The number of hydrogen-bond donors (Lipinski definition) is 0. The van der Waals surface area contributed by atoms with Crippen LogP contribution in [0.25, 0.3) is 0 Å². The van der Waals surface area contributed by atoms with Gasteiger partial charge in [-0.05, 0) is 25.3 Å². The third-order valence-electron chi connectivity index (χ3n) is 2.89. The Labute approximate surface area is 104 Å². The molecule has 16 heavy (non-hydrogen) atoms. The minimum Gasteiger partial charge on any atom is -0.339 e. The molecule has 1 aromatic heterocycles. The van der Waals surface area contributed by atoms with Gasteiger partial charge in [-0.15, -0.1) is 10.2 Å². The van der Waals surface area contributed by atoms with Crippen LogP contribution in [0.15, 0.2) is 6.07 Å². The highest BCUT2D eigenvalue weighted by Crippen LogP contribution is 2.26. The molecule has 0 atom stereocenters. The second-order valence-electron chi connectivity index (χ2n) is 3.87. The molecule has 0 saturated heterocycles. The highest BCUT2D eigenvalue weighted by atomic mass is 35.5. The molecule has 0 aliphatic heterocycles. The zero-order valence-electron chi connectivity index (χ0n) is 8.78. The fourth-order valence-electron chi connectivity index (χ4n) is 1.63. The molecule has 2 rings (SSSR count). The lowest BCUT2D eigenvalue weighted by Gasteiger charge is -2.34. The number of carbonyl (C=O) groups is 1. The molecule has 86 valence electrons. The van der Waals surface area contributed by atoms with Crippen LogP contribution in [0.1, 0.15) is 29.6 Å². The predicted octanol–water partition coefficient (Wildman–Crippen LogP) is 2.41. The van der Waals surface area contributed by atoms with Gasteiger partial charge in [-0.2, -0.15) is 0 Å². The Morgan fingerprint density at radius 2 is 2.12 bits per heavy atom. The first kappa shape index (κ1) is 11.6. The lowest BCUT2D eigenvalue weighted by Crippen LogP contribution is -2.41. The van der Waals surface area contributed by atoms with Crippen LogP contribution in [-0.4, -0.2) is 34.1 Å². The molecular weight excluding hydrogens is 249 g/mol. The van der Waals surface area contributed by atoms with Gasteiger partial charge < -0.3 is 4.90 Å². The van der Waals surface area contributed by atoms with Gasteiger partial charge in [0, 0.05) is 13.1 Å². The average Bonchev–Trinajstić information content (AvgIpc) is 2.18. The third-order valence-corrected chi connectivity index (χ3v) is 3.36. The zero-order chi connectivity index (χ0) is 11.7. The average molecular weight is 260 g/mol. The van der Waals surface area contributed by atoms with Crippen LogP contribution in [-0.2, 0) is 0 Å². The van der Waals surface area contributed by atoms with Gasteiger partial charge in [0.1, 0.15) is 0 Å². The van der Waals surface area contributed by atoms with Crippen molar-refractivity contribution in [1.82, 2.24) is 15.1 Å². The second kappa shape index (κ2) is 4.55. The first-order valence-corrected chi connectivity index (χ1v) is 5.81. The zero-order valence-corrected chi connectivity index (χ0v) is 10.3. The van der Waals surface area contributed by atoms with E-state index in [1.165, 1.54) is 12.5 Å². The van der Waals surface area contributed by atoms with E-state index < -0.39 is 0 Å². The molecule has 1 fully saturated rings. The monoisotopic (exact) mass is 259 g/mol. The van der Waals surface area contributed by atoms with Crippen LogP contribution in [0, 0.1) is 0 Å². The van der Waals surface area contributed by atoms with Crippen LogP contribution in [0.2, 0.25) is 10.3 Å². The largest absolute Gasteiger partial charge is 0.339 e. The van der Waals surface area contributed by atoms with Gasteiger partial charge in [0.25, 0.3) is 5.91 Å². The van der Waals surface area contributed by atoms with Gasteiger partial charge in [0.2, 0.25) is 0 Å². The van der Waals surface area contributed by atoms with Gasteiger partial charge in [0.15, 0.2) is 10.3 Å². The van der Waals surface area contributed by atoms with Gasteiger partial charge in [-0.1, -0.05) is 23.2 Å². The normalized spacial score (nSPS) is 15.7. The smallest absolute Gasteiger partial charge is 0.257 e. The van der Waals surface area contributed by atoms with Crippen molar-refractivity contribution in [2.24, 2.45) is 0 Å². The highest BCUT2D eigenvalue weighted by molar-refractivity contribution is 6.34. The Kier molecular flexibility index (Phi) is 3.30. The fraction of sp³-hybridized carbons (Fsp3) is 0.500. The number of nitrogens with zero attached hydrogens (tertiary/aromatic N) is 3. The van der Waals surface area contributed by atoms with Crippen LogP contribution in [0.4, 0.5) is 0 Å². The number of halogens is 2. The van der Waals surface area contributed by atoms with Gasteiger partial charge in [0.05, 0.1) is 5.56 Å². The summed E-state index contributed by atoms with van der Waals surface area (Å²) in [6.07, 6.45) is 3.27. The van der Waals surface area contributed by atoms with Crippen molar-refractivity contribution < 1.29 is 4.79 Å². The van der Waals surface area contributed by atoms with Crippen LogP contribution < -0.4 is 0 Å². The van der Waals surface area contributed by atoms with Crippen molar-refractivity contribution in [3.05, 3.63) is 21.9 Å². The number of carbonyl (C=O) groups excluding carboxylic acids is 1. The number of amides is 1. The van der Waals surface area contributed by atoms with Crippen molar-refractivity contribution >= 4 is 29.1 Å². The summed E-state index contributed by atoms with van der Waals surface area (Å²) >= 11 is 11.5. The van der Waals surface area contributed by atoms with E-state index in [9.17, 15) is 4.79 Å². The van der Waals surface area contributed by atoms with Crippen molar-refractivity contribution in [1.29, 1.82) is 0 Å². The molecule has 0 N–H and O–H groups in total. The Balaban J connectivity index is 2.22. The summed E-state index contributed by atoms with van der Waals surface area (Å²) in [4.78, 5) is 13.8. The van der Waals surface area contributed by atoms with Crippen molar-refractivity contribution in [2.45, 2.75) is 25.3 Å². The van der Waals surface area contributed by atoms with E-state index in [0.29, 0.717) is 11.6 Å². The molecule has 1 aliphatic carbocycles. The Bertz CT molecular complexity index is 421.